The lowest BCUT2D eigenvalue weighted by Crippen LogP contribution is -2.42. The second kappa shape index (κ2) is 12.5. The van der Waals surface area contributed by atoms with Gasteiger partial charge in [-0.1, -0.05) is 13.8 Å². The predicted molar refractivity (Wildman–Crippen MR) is 107 cm³/mol. The minimum atomic E-state index is -0.607. The molecule has 0 bridgehead atoms. The van der Waals surface area contributed by atoms with E-state index in [1.807, 2.05) is 19.1 Å². The summed E-state index contributed by atoms with van der Waals surface area (Å²) >= 11 is 0. The smallest absolute Gasteiger partial charge is 0.191 e. The Morgan fingerprint density at radius 1 is 1.22 bits per heavy atom. The zero-order chi connectivity index (χ0) is 16.4. The fourth-order valence-corrected chi connectivity index (χ4v) is 2.08. The Balaban J connectivity index is 0.00000484. The molecular formula is C17H31IN4O. The van der Waals surface area contributed by atoms with Crippen molar-refractivity contribution in [1.29, 1.82) is 0 Å². The van der Waals surface area contributed by atoms with Crippen LogP contribution in [0.15, 0.2) is 29.5 Å². The molecule has 132 valence electrons. The molecule has 0 aromatic carbocycles. The first kappa shape index (κ1) is 22.1. The van der Waals surface area contributed by atoms with Crippen LogP contribution in [0.5, 0.6) is 0 Å². The number of nitrogens with one attached hydrogen (secondary N) is 2. The van der Waals surface area contributed by atoms with E-state index in [1.165, 1.54) is 6.42 Å². The third kappa shape index (κ3) is 9.76. The third-order valence-electron chi connectivity index (χ3n) is 3.42. The number of aromatic nitrogens is 1. The van der Waals surface area contributed by atoms with E-state index in [-0.39, 0.29) is 24.0 Å². The topological polar surface area (TPSA) is 69.5 Å². The molecule has 0 amide bonds. The molecule has 0 fully saturated rings. The number of rotatable bonds is 8. The van der Waals surface area contributed by atoms with Gasteiger partial charge in [-0.05, 0) is 50.3 Å². The van der Waals surface area contributed by atoms with Crippen molar-refractivity contribution >= 4 is 29.9 Å². The fraction of sp³-hybridized carbons (Fsp3) is 0.647. The van der Waals surface area contributed by atoms with Gasteiger partial charge in [0.2, 0.25) is 0 Å². The zero-order valence-corrected chi connectivity index (χ0v) is 17.0. The number of aliphatic hydroxyl groups is 1. The SMILES string of the molecule is CCNC(=NCC(O)c1ccncc1)NC(C)CCC(C)C.I. The van der Waals surface area contributed by atoms with Crippen molar-refractivity contribution in [2.45, 2.75) is 52.7 Å². The van der Waals surface area contributed by atoms with Gasteiger partial charge in [-0.3, -0.25) is 9.98 Å². The number of pyridine rings is 1. The van der Waals surface area contributed by atoms with Crippen molar-refractivity contribution in [3.8, 4) is 0 Å². The number of hydrogen-bond acceptors (Lipinski definition) is 3. The van der Waals surface area contributed by atoms with E-state index in [9.17, 15) is 5.11 Å². The second-order valence-electron chi connectivity index (χ2n) is 6.03. The molecule has 3 N–H and O–H groups in total. The van der Waals surface area contributed by atoms with Crippen LogP contribution in [0.2, 0.25) is 0 Å². The van der Waals surface area contributed by atoms with Gasteiger partial charge in [0.15, 0.2) is 5.96 Å². The van der Waals surface area contributed by atoms with Crippen molar-refractivity contribution in [3.63, 3.8) is 0 Å². The van der Waals surface area contributed by atoms with E-state index in [4.69, 9.17) is 0 Å². The Labute approximate surface area is 157 Å². The molecule has 2 unspecified atom stereocenters. The van der Waals surface area contributed by atoms with Gasteiger partial charge in [-0.15, -0.1) is 24.0 Å². The van der Waals surface area contributed by atoms with E-state index in [1.54, 1.807) is 12.4 Å². The number of hydrogen-bond donors (Lipinski definition) is 3. The van der Waals surface area contributed by atoms with Gasteiger partial charge in [-0.25, -0.2) is 0 Å². The summed E-state index contributed by atoms with van der Waals surface area (Å²) in [6.07, 6.45) is 5.05. The van der Waals surface area contributed by atoms with Crippen LogP contribution in [-0.4, -0.2) is 35.2 Å². The monoisotopic (exact) mass is 434 g/mol. The van der Waals surface area contributed by atoms with Gasteiger partial charge >= 0.3 is 0 Å². The average molecular weight is 434 g/mol. The van der Waals surface area contributed by atoms with Crippen LogP contribution in [0, 0.1) is 5.92 Å². The summed E-state index contributed by atoms with van der Waals surface area (Å²) in [7, 11) is 0. The van der Waals surface area contributed by atoms with Crippen molar-refractivity contribution in [3.05, 3.63) is 30.1 Å². The highest BCUT2D eigenvalue weighted by Gasteiger charge is 2.09. The number of aliphatic imine (C=N–C) groups is 1. The maximum Gasteiger partial charge on any atom is 0.191 e. The first-order chi connectivity index (χ1) is 10.5. The summed E-state index contributed by atoms with van der Waals surface area (Å²) in [4.78, 5) is 8.44. The van der Waals surface area contributed by atoms with Crippen molar-refractivity contribution < 1.29 is 5.11 Å². The van der Waals surface area contributed by atoms with Gasteiger partial charge in [0, 0.05) is 25.0 Å². The first-order valence-corrected chi connectivity index (χ1v) is 8.15. The van der Waals surface area contributed by atoms with Crippen molar-refractivity contribution in [2.24, 2.45) is 10.9 Å². The van der Waals surface area contributed by atoms with Crippen molar-refractivity contribution in [2.75, 3.05) is 13.1 Å². The van der Waals surface area contributed by atoms with Crippen LogP contribution in [0.25, 0.3) is 0 Å². The number of halogens is 1. The normalized spacial score (nSPS) is 14.1. The molecule has 1 rings (SSSR count). The van der Waals surface area contributed by atoms with E-state index >= 15 is 0 Å². The molecule has 0 aliphatic rings. The molecule has 0 saturated carbocycles. The molecule has 0 saturated heterocycles. The van der Waals surface area contributed by atoms with Gasteiger partial charge in [0.25, 0.3) is 0 Å². The Hall–Kier alpha value is -0.890. The lowest BCUT2D eigenvalue weighted by molar-refractivity contribution is 0.187. The second-order valence-corrected chi connectivity index (χ2v) is 6.03. The summed E-state index contributed by atoms with van der Waals surface area (Å²) in [5.41, 5.74) is 0.836. The highest BCUT2D eigenvalue weighted by atomic mass is 127. The third-order valence-corrected chi connectivity index (χ3v) is 3.42. The zero-order valence-electron chi connectivity index (χ0n) is 14.6. The van der Waals surface area contributed by atoms with E-state index in [2.05, 4.69) is 41.4 Å². The Kier molecular flexibility index (Phi) is 12.0. The molecule has 0 aliphatic carbocycles. The molecule has 23 heavy (non-hydrogen) atoms. The lowest BCUT2D eigenvalue weighted by atomic mass is 10.0. The minimum absolute atomic E-state index is 0. The quantitative estimate of drug-likeness (QED) is 0.334. The van der Waals surface area contributed by atoms with Crippen LogP contribution in [0.1, 0.15) is 52.2 Å². The molecule has 1 aromatic rings. The van der Waals surface area contributed by atoms with Crippen LogP contribution < -0.4 is 10.6 Å². The van der Waals surface area contributed by atoms with Gasteiger partial charge in [0.05, 0.1) is 12.6 Å². The highest BCUT2D eigenvalue weighted by Crippen LogP contribution is 2.11. The maximum absolute atomic E-state index is 10.2. The first-order valence-electron chi connectivity index (χ1n) is 8.15. The molecule has 2 atom stereocenters. The fourth-order valence-electron chi connectivity index (χ4n) is 2.08. The number of guanidine groups is 1. The standard InChI is InChI=1S/C17H30N4O.HI/c1-5-19-17(21-14(4)7-6-13(2)3)20-12-16(22)15-8-10-18-11-9-15;/h8-11,13-14,16,22H,5-7,12H2,1-4H3,(H2,19,20,21);1H. The molecule has 0 aliphatic heterocycles. The Morgan fingerprint density at radius 3 is 2.43 bits per heavy atom. The maximum atomic E-state index is 10.2. The molecule has 5 nitrogen and oxygen atoms in total. The predicted octanol–water partition coefficient (Wildman–Crippen LogP) is 3.11. The molecule has 0 radical (unpaired) electrons. The van der Waals surface area contributed by atoms with Gasteiger partial charge in [-0.2, -0.15) is 0 Å². The van der Waals surface area contributed by atoms with Crippen LogP contribution in [-0.2, 0) is 0 Å². The number of nitrogens with zero attached hydrogens (tertiary/aromatic N) is 2. The van der Waals surface area contributed by atoms with Crippen molar-refractivity contribution in [1.82, 2.24) is 15.6 Å². The van der Waals surface area contributed by atoms with Crippen LogP contribution in [0.3, 0.4) is 0 Å². The molecule has 1 aromatic heterocycles. The highest BCUT2D eigenvalue weighted by molar-refractivity contribution is 14.0. The number of aliphatic hydroxyl groups excluding tert-OH is 1. The molecule has 6 heteroatoms. The molecule has 1 heterocycles. The summed E-state index contributed by atoms with van der Waals surface area (Å²) in [6.45, 7) is 9.79. The van der Waals surface area contributed by atoms with Crippen LogP contribution in [0.4, 0.5) is 0 Å². The summed E-state index contributed by atoms with van der Waals surface area (Å²) < 4.78 is 0. The summed E-state index contributed by atoms with van der Waals surface area (Å²) in [5.74, 6) is 1.46. The minimum Gasteiger partial charge on any atom is -0.386 e. The van der Waals surface area contributed by atoms with E-state index < -0.39 is 6.10 Å². The van der Waals surface area contributed by atoms with E-state index in [0.717, 1.165) is 24.5 Å². The van der Waals surface area contributed by atoms with Gasteiger partial charge in [0.1, 0.15) is 0 Å². The van der Waals surface area contributed by atoms with Gasteiger partial charge < -0.3 is 15.7 Å². The largest absolute Gasteiger partial charge is 0.386 e. The van der Waals surface area contributed by atoms with E-state index in [0.29, 0.717) is 18.5 Å². The summed E-state index contributed by atoms with van der Waals surface area (Å²) in [5, 5.41) is 16.8. The molecular weight excluding hydrogens is 403 g/mol. The lowest BCUT2D eigenvalue weighted by Gasteiger charge is -2.19. The Morgan fingerprint density at radius 2 is 1.87 bits per heavy atom. The molecule has 0 spiro atoms. The summed E-state index contributed by atoms with van der Waals surface area (Å²) in [6, 6.07) is 3.98. The van der Waals surface area contributed by atoms with Crippen LogP contribution >= 0.6 is 24.0 Å². The Bertz CT molecular complexity index is 439. The average Bonchev–Trinajstić information content (AvgIpc) is 2.51.